The number of rotatable bonds is 54. The van der Waals surface area contributed by atoms with Crippen molar-refractivity contribution in [2.24, 2.45) is 11.8 Å². The number of ether oxygens (including phenoxy) is 2. The molecule has 2 unspecified atom stereocenters. The molecule has 0 saturated heterocycles. The third kappa shape index (κ3) is 44.1. The molecule has 0 aliphatic rings. The predicted octanol–water partition coefficient (Wildman–Crippen LogP) is 18.0. The van der Waals surface area contributed by atoms with Crippen LogP contribution in [0.4, 0.5) is 0 Å². The van der Waals surface area contributed by atoms with Gasteiger partial charge < -0.3 is 19.7 Å². The van der Waals surface area contributed by atoms with E-state index in [1.807, 2.05) is 7.05 Å². The van der Waals surface area contributed by atoms with Crippen LogP contribution in [0.5, 0.6) is 0 Å². The fraction of sp³-hybridized carbons (Fsp3) is 0.950. The molecular formula is C60H118N2O5. The molecule has 67 heavy (non-hydrogen) atoms. The molecule has 0 heterocycles. The van der Waals surface area contributed by atoms with E-state index in [0.717, 1.165) is 77.3 Å². The lowest BCUT2D eigenvalue weighted by molar-refractivity contribution is -0.146. The smallest absolute Gasteiger partial charge is 0.305 e. The number of nitrogens with zero attached hydrogens (tertiary/aromatic N) is 1. The number of unbranched alkanes of at least 4 members (excludes halogenated alkanes) is 27. The van der Waals surface area contributed by atoms with Gasteiger partial charge in [0, 0.05) is 31.8 Å². The van der Waals surface area contributed by atoms with Crippen LogP contribution in [0.3, 0.4) is 0 Å². The lowest BCUT2D eigenvalue weighted by Crippen LogP contribution is -2.41. The van der Waals surface area contributed by atoms with E-state index >= 15 is 0 Å². The lowest BCUT2D eigenvalue weighted by Gasteiger charge is -2.33. The largest absolute Gasteiger partial charge is 0.465 e. The third-order valence-corrected chi connectivity index (χ3v) is 14.5. The Morgan fingerprint density at radius 1 is 0.373 bits per heavy atom. The molecule has 0 radical (unpaired) electrons. The van der Waals surface area contributed by atoms with Crippen LogP contribution in [-0.2, 0) is 23.9 Å². The zero-order valence-electron chi connectivity index (χ0n) is 46.2. The summed E-state index contributed by atoms with van der Waals surface area (Å²) in [5, 5.41) is 3.23. The van der Waals surface area contributed by atoms with Crippen LogP contribution in [-0.4, -0.2) is 62.1 Å². The van der Waals surface area contributed by atoms with E-state index in [1.165, 1.54) is 199 Å². The maximum absolute atomic E-state index is 13.9. The van der Waals surface area contributed by atoms with Crippen molar-refractivity contribution in [2.45, 2.75) is 323 Å². The lowest BCUT2D eigenvalue weighted by atomic mass is 9.95. The highest BCUT2D eigenvalue weighted by Crippen LogP contribution is 2.24. The molecule has 398 valence electrons. The van der Waals surface area contributed by atoms with Gasteiger partial charge in [-0.05, 0) is 89.6 Å². The summed E-state index contributed by atoms with van der Waals surface area (Å²) in [6, 6.07) is 0.205. The van der Waals surface area contributed by atoms with Gasteiger partial charge in [0.25, 0.3) is 0 Å². The second-order valence-corrected chi connectivity index (χ2v) is 21.0. The number of hydrogen-bond donors (Lipinski definition) is 1. The van der Waals surface area contributed by atoms with E-state index in [0.29, 0.717) is 50.2 Å². The molecule has 7 nitrogen and oxygen atoms in total. The number of esters is 2. The van der Waals surface area contributed by atoms with E-state index in [1.54, 1.807) is 0 Å². The highest BCUT2D eigenvalue weighted by atomic mass is 16.5. The molecule has 0 spiro atoms. The first-order valence-electron chi connectivity index (χ1n) is 30.1. The van der Waals surface area contributed by atoms with Gasteiger partial charge in [-0.2, -0.15) is 0 Å². The second kappa shape index (κ2) is 52.2. The molecular weight excluding hydrogens is 829 g/mol. The van der Waals surface area contributed by atoms with Crippen molar-refractivity contribution in [1.29, 1.82) is 0 Å². The van der Waals surface area contributed by atoms with E-state index in [4.69, 9.17) is 9.47 Å². The number of carbonyl (C=O) groups is 3. The van der Waals surface area contributed by atoms with Gasteiger partial charge in [0.05, 0.1) is 13.2 Å². The van der Waals surface area contributed by atoms with E-state index in [-0.39, 0.29) is 18.0 Å². The minimum atomic E-state index is -0.0343. The summed E-state index contributed by atoms with van der Waals surface area (Å²) in [7, 11) is 1.96. The van der Waals surface area contributed by atoms with Crippen LogP contribution >= 0.6 is 0 Å². The van der Waals surface area contributed by atoms with Crippen LogP contribution in [0, 0.1) is 11.8 Å². The SMILES string of the molecule is CCCCCCCCCCN(C(=O)CCCNC)C(CCCCCC(=O)OCC(CCCCCC)CCCCCCCC)CCCCCC(=O)OCC(CCCCCC)CCCCCCCC. The van der Waals surface area contributed by atoms with Gasteiger partial charge in [-0.25, -0.2) is 0 Å². The number of nitrogens with one attached hydrogen (secondary N) is 1. The summed E-state index contributed by atoms with van der Waals surface area (Å²) in [5.41, 5.74) is 0. The molecule has 0 aromatic rings. The van der Waals surface area contributed by atoms with Crippen LogP contribution in [0.2, 0.25) is 0 Å². The maximum Gasteiger partial charge on any atom is 0.305 e. The summed E-state index contributed by atoms with van der Waals surface area (Å²) < 4.78 is 11.9. The fourth-order valence-corrected chi connectivity index (χ4v) is 9.93. The Bertz CT molecular complexity index is 995. The molecule has 7 heteroatoms. The number of hydrogen-bond acceptors (Lipinski definition) is 6. The summed E-state index contributed by atoms with van der Waals surface area (Å²) in [6.07, 6.45) is 50.6. The van der Waals surface area contributed by atoms with Crippen molar-refractivity contribution in [3.63, 3.8) is 0 Å². The predicted molar refractivity (Wildman–Crippen MR) is 290 cm³/mol. The van der Waals surface area contributed by atoms with Gasteiger partial charge >= 0.3 is 11.9 Å². The Balaban J connectivity index is 5.35. The minimum Gasteiger partial charge on any atom is -0.465 e. The van der Waals surface area contributed by atoms with Crippen molar-refractivity contribution in [3.05, 3.63) is 0 Å². The molecule has 0 aliphatic carbocycles. The van der Waals surface area contributed by atoms with Crippen molar-refractivity contribution < 1.29 is 23.9 Å². The number of carbonyl (C=O) groups excluding carboxylic acids is 3. The highest BCUT2D eigenvalue weighted by molar-refractivity contribution is 5.76. The zero-order valence-corrected chi connectivity index (χ0v) is 46.2. The Hall–Kier alpha value is -1.63. The van der Waals surface area contributed by atoms with Crippen molar-refractivity contribution in [1.82, 2.24) is 10.2 Å². The molecule has 2 atom stereocenters. The Labute approximate surface area is 418 Å². The molecule has 1 amide bonds. The summed E-state index contributed by atoms with van der Waals surface area (Å²) in [5.74, 6) is 1.22. The maximum atomic E-state index is 13.9. The van der Waals surface area contributed by atoms with Gasteiger partial charge in [-0.15, -0.1) is 0 Å². The highest BCUT2D eigenvalue weighted by Gasteiger charge is 2.23. The van der Waals surface area contributed by atoms with E-state index in [2.05, 4.69) is 44.8 Å². The Kier molecular flexibility index (Phi) is 50.9. The summed E-state index contributed by atoms with van der Waals surface area (Å²) in [6.45, 7) is 14.2. The molecule has 0 rings (SSSR count). The Morgan fingerprint density at radius 3 is 1.06 bits per heavy atom. The third-order valence-electron chi connectivity index (χ3n) is 14.5. The van der Waals surface area contributed by atoms with Gasteiger partial charge in [0.15, 0.2) is 0 Å². The molecule has 0 aromatic heterocycles. The molecule has 0 saturated carbocycles. The van der Waals surface area contributed by atoms with Crippen molar-refractivity contribution >= 4 is 17.8 Å². The minimum absolute atomic E-state index is 0.0343. The molecule has 0 fully saturated rings. The van der Waals surface area contributed by atoms with E-state index < -0.39 is 0 Å². The molecule has 0 bridgehead atoms. The molecule has 1 N–H and O–H groups in total. The normalized spacial score (nSPS) is 12.9. The van der Waals surface area contributed by atoms with Crippen LogP contribution < -0.4 is 5.32 Å². The van der Waals surface area contributed by atoms with Crippen molar-refractivity contribution in [3.8, 4) is 0 Å². The average molecular weight is 948 g/mol. The van der Waals surface area contributed by atoms with Gasteiger partial charge in [-0.3, -0.25) is 14.4 Å². The average Bonchev–Trinajstić information content (AvgIpc) is 3.33. The Morgan fingerprint density at radius 2 is 0.687 bits per heavy atom. The first-order valence-corrected chi connectivity index (χ1v) is 30.1. The fourth-order valence-electron chi connectivity index (χ4n) is 9.93. The first kappa shape index (κ1) is 65.4. The summed E-state index contributed by atoms with van der Waals surface area (Å²) in [4.78, 5) is 42.2. The quantitative estimate of drug-likeness (QED) is 0.0483. The zero-order chi connectivity index (χ0) is 49.1. The molecule has 0 aliphatic heterocycles. The van der Waals surface area contributed by atoms with Crippen LogP contribution in [0.25, 0.3) is 0 Å². The van der Waals surface area contributed by atoms with E-state index in [9.17, 15) is 14.4 Å². The summed E-state index contributed by atoms with van der Waals surface area (Å²) >= 11 is 0. The monoisotopic (exact) mass is 947 g/mol. The van der Waals surface area contributed by atoms with Crippen LogP contribution in [0.1, 0.15) is 317 Å². The van der Waals surface area contributed by atoms with Crippen molar-refractivity contribution in [2.75, 3.05) is 33.4 Å². The van der Waals surface area contributed by atoms with Gasteiger partial charge in [0.2, 0.25) is 5.91 Å². The van der Waals surface area contributed by atoms with Gasteiger partial charge in [-0.1, -0.05) is 234 Å². The second-order valence-electron chi connectivity index (χ2n) is 21.0. The molecule has 0 aromatic carbocycles. The topological polar surface area (TPSA) is 84.9 Å². The number of amides is 1. The van der Waals surface area contributed by atoms with Crippen LogP contribution in [0.15, 0.2) is 0 Å². The standard InChI is InChI=1S/C60H118N2O5/c1-7-12-17-22-25-26-29-40-52-62(58(63)48-41-51-61-6)57(46-36-30-38-49-59(64)66-53-55(42-32-20-15-10-4)44-34-27-23-18-13-8-2)47-37-31-39-50-60(65)67-54-56(43-33-21-16-11-5)45-35-28-24-19-14-9-3/h55-57,61H,7-54H2,1-6H3. The van der Waals surface area contributed by atoms with Gasteiger partial charge in [0.1, 0.15) is 0 Å². The first-order chi connectivity index (χ1) is 32.9.